The minimum absolute atomic E-state index is 0.0227. The van der Waals surface area contributed by atoms with Crippen LogP contribution in [0, 0.1) is 18.2 Å². The average molecular weight is 509 g/mol. The van der Waals surface area contributed by atoms with Gasteiger partial charge in [0.25, 0.3) is 5.91 Å². The largest absolute Gasteiger partial charge is 0.453 e. The predicted molar refractivity (Wildman–Crippen MR) is 123 cm³/mol. The summed E-state index contributed by atoms with van der Waals surface area (Å²) >= 11 is 5.96. The predicted octanol–water partition coefficient (Wildman–Crippen LogP) is 5.47. The van der Waals surface area contributed by atoms with Crippen molar-refractivity contribution in [3.63, 3.8) is 0 Å². The number of aryl methyl sites for hydroxylation is 1. The zero-order chi connectivity index (χ0) is 25.8. The highest BCUT2D eigenvalue weighted by molar-refractivity contribution is 6.34. The van der Waals surface area contributed by atoms with Crippen LogP contribution in [-0.2, 0) is 4.79 Å². The van der Waals surface area contributed by atoms with Crippen LogP contribution in [0.4, 0.5) is 34.9 Å². The lowest BCUT2D eigenvalue weighted by atomic mass is 10.1. The van der Waals surface area contributed by atoms with Crippen molar-refractivity contribution >= 4 is 41.0 Å². The Hall–Kier alpha value is -4.19. The Balaban J connectivity index is 1.85. The number of halogens is 5. The van der Waals surface area contributed by atoms with Gasteiger partial charge in [-0.1, -0.05) is 17.7 Å². The maximum absolute atomic E-state index is 14.5. The Morgan fingerprint density at radius 3 is 2.49 bits per heavy atom. The minimum atomic E-state index is -5.02. The molecule has 0 aliphatic heterocycles. The third-order valence-electron chi connectivity index (χ3n) is 4.40. The number of amides is 1. The molecule has 182 valence electrons. The monoisotopic (exact) mass is 508 g/mol. The summed E-state index contributed by atoms with van der Waals surface area (Å²) in [7, 11) is 0. The summed E-state index contributed by atoms with van der Waals surface area (Å²) in [4.78, 5) is 20.1. The van der Waals surface area contributed by atoms with Crippen LogP contribution in [0.2, 0.25) is 5.02 Å². The molecule has 3 aromatic rings. The van der Waals surface area contributed by atoms with Crippen molar-refractivity contribution in [2.75, 3.05) is 16.4 Å². The molecule has 0 aliphatic carbocycles. The molecule has 0 fully saturated rings. The van der Waals surface area contributed by atoms with Crippen LogP contribution in [0.3, 0.4) is 0 Å². The Kier molecular flexibility index (Phi) is 7.55. The SMILES string of the molecule is Cc1ccc(N/C(=C(\C=N)C(=O)Nc2ccc(Oc3ccnc(N)c3Cl)c(F)c2)C(F)(F)F)nc1. The molecular weight excluding hydrogens is 492 g/mol. The number of carbonyl (C=O) groups is 1. The second-order valence-corrected chi connectivity index (χ2v) is 7.36. The smallest absolute Gasteiger partial charge is 0.432 e. The molecule has 0 aliphatic rings. The van der Waals surface area contributed by atoms with Crippen LogP contribution in [0.5, 0.6) is 11.5 Å². The summed E-state index contributed by atoms with van der Waals surface area (Å²) in [6.07, 6.45) is -2.15. The van der Waals surface area contributed by atoms with E-state index in [-0.39, 0.29) is 40.1 Å². The zero-order valence-electron chi connectivity index (χ0n) is 17.9. The number of nitrogen functional groups attached to an aromatic ring is 1. The van der Waals surface area contributed by atoms with Crippen LogP contribution < -0.4 is 21.1 Å². The number of rotatable bonds is 7. The minimum Gasteiger partial charge on any atom is -0.453 e. The lowest BCUT2D eigenvalue weighted by Crippen LogP contribution is -2.27. The van der Waals surface area contributed by atoms with E-state index in [2.05, 4.69) is 15.3 Å². The number of nitrogens with one attached hydrogen (secondary N) is 3. The van der Waals surface area contributed by atoms with Gasteiger partial charge < -0.3 is 26.5 Å². The average Bonchev–Trinajstić information content (AvgIpc) is 2.79. The van der Waals surface area contributed by atoms with Gasteiger partial charge in [0.1, 0.15) is 22.4 Å². The van der Waals surface area contributed by atoms with Gasteiger partial charge in [0.15, 0.2) is 17.3 Å². The lowest BCUT2D eigenvalue weighted by Gasteiger charge is -2.17. The quantitative estimate of drug-likeness (QED) is 0.190. The molecule has 0 saturated carbocycles. The van der Waals surface area contributed by atoms with E-state index in [1.54, 1.807) is 6.92 Å². The van der Waals surface area contributed by atoms with Crippen molar-refractivity contribution < 1.29 is 27.1 Å². The van der Waals surface area contributed by atoms with Gasteiger partial charge in [0, 0.05) is 36.4 Å². The topological polar surface area (TPSA) is 126 Å². The van der Waals surface area contributed by atoms with Gasteiger partial charge in [-0.25, -0.2) is 14.4 Å². The highest BCUT2D eigenvalue weighted by Crippen LogP contribution is 2.34. The number of nitrogens with zero attached hydrogens (tertiary/aromatic N) is 2. The number of pyridine rings is 2. The molecule has 35 heavy (non-hydrogen) atoms. The number of allylic oxidation sites excluding steroid dienone is 1. The van der Waals surface area contributed by atoms with Crippen molar-refractivity contribution in [1.82, 2.24) is 9.97 Å². The van der Waals surface area contributed by atoms with E-state index in [0.717, 1.165) is 12.1 Å². The first-order valence-corrected chi connectivity index (χ1v) is 10.1. The van der Waals surface area contributed by atoms with E-state index in [1.807, 2.05) is 5.32 Å². The van der Waals surface area contributed by atoms with Crippen LogP contribution in [0.15, 0.2) is 60.1 Å². The number of ether oxygens (including phenoxy) is 1. The first kappa shape index (κ1) is 25.4. The molecule has 13 heteroatoms. The Labute approximate surface area is 201 Å². The summed E-state index contributed by atoms with van der Waals surface area (Å²) in [6, 6.07) is 7.31. The summed E-state index contributed by atoms with van der Waals surface area (Å²) < 4.78 is 60.9. The molecule has 5 N–H and O–H groups in total. The molecule has 1 amide bonds. The van der Waals surface area contributed by atoms with Crippen molar-refractivity contribution in [2.45, 2.75) is 13.1 Å². The van der Waals surface area contributed by atoms with Gasteiger partial charge in [-0.3, -0.25) is 4.79 Å². The van der Waals surface area contributed by atoms with Crippen molar-refractivity contribution in [1.29, 1.82) is 5.41 Å². The summed E-state index contributed by atoms with van der Waals surface area (Å²) in [6.45, 7) is 1.70. The summed E-state index contributed by atoms with van der Waals surface area (Å²) in [5.74, 6) is -2.74. The number of anilines is 3. The van der Waals surface area contributed by atoms with Gasteiger partial charge >= 0.3 is 6.18 Å². The highest BCUT2D eigenvalue weighted by atomic mass is 35.5. The van der Waals surface area contributed by atoms with Crippen LogP contribution >= 0.6 is 11.6 Å². The molecule has 0 atom stereocenters. The van der Waals surface area contributed by atoms with E-state index in [9.17, 15) is 22.4 Å². The molecule has 3 rings (SSSR count). The molecule has 0 unspecified atom stereocenters. The number of hydrogen-bond donors (Lipinski definition) is 4. The van der Waals surface area contributed by atoms with Gasteiger partial charge in [-0.15, -0.1) is 0 Å². The van der Waals surface area contributed by atoms with E-state index < -0.39 is 29.2 Å². The fraction of sp³-hybridized carbons (Fsp3) is 0.0909. The number of hydrogen-bond acceptors (Lipinski definition) is 7. The zero-order valence-corrected chi connectivity index (χ0v) is 18.6. The molecule has 0 bridgehead atoms. The van der Waals surface area contributed by atoms with E-state index in [1.165, 1.54) is 36.7 Å². The number of alkyl halides is 3. The number of carbonyl (C=O) groups excluding carboxylic acids is 1. The standard InChI is InChI=1S/C22H17ClF4N6O2/c1-11-2-5-17(31-10-11)33-19(22(25,26)27)13(9-28)21(34)32-12-3-4-15(14(24)8-12)35-16-6-7-30-20(29)18(16)23/h2-10,28H,1H3,(H2,29,30)(H,31,33)(H,32,34)/b19-13+,28-9?. The third kappa shape index (κ3) is 6.23. The van der Waals surface area contributed by atoms with Crippen LogP contribution in [-0.4, -0.2) is 28.3 Å². The maximum atomic E-state index is 14.5. The summed E-state index contributed by atoms with van der Waals surface area (Å²) in [5.41, 5.74) is 3.54. The fourth-order valence-corrected chi connectivity index (χ4v) is 2.86. The van der Waals surface area contributed by atoms with Gasteiger partial charge in [-0.2, -0.15) is 13.2 Å². The van der Waals surface area contributed by atoms with Gasteiger partial charge in [-0.05, 0) is 30.7 Å². The van der Waals surface area contributed by atoms with Crippen molar-refractivity contribution in [3.8, 4) is 11.5 Å². The molecule has 8 nitrogen and oxygen atoms in total. The van der Waals surface area contributed by atoms with Crippen LogP contribution in [0.1, 0.15) is 5.56 Å². The lowest BCUT2D eigenvalue weighted by molar-refractivity contribution is -0.114. The maximum Gasteiger partial charge on any atom is 0.432 e. The number of aromatic nitrogens is 2. The van der Waals surface area contributed by atoms with Crippen LogP contribution in [0.25, 0.3) is 0 Å². The number of benzene rings is 1. The normalized spacial score (nSPS) is 11.9. The van der Waals surface area contributed by atoms with Crippen molar-refractivity contribution in [2.24, 2.45) is 0 Å². The Morgan fingerprint density at radius 2 is 1.89 bits per heavy atom. The molecule has 2 heterocycles. The highest BCUT2D eigenvalue weighted by Gasteiger charge is 2.38. The van der Waals surface area contributed by atoms with E-state index in [4.69, 9.17) is 27.5 Å². The molecule has 0 saturated heterocycles. The Morgan fingerprint density at radius 1 is 1.14 bits per heavy atom. The van der Waals surface area contributed by atoms with Crippen molar-refractivity contribution in [3.05, 3.63) is 76.5 Å². The first-order valence-electron chi connectivity index (χ1n) is 9.70. The van der Waals surface area contributed by atoms with E-state index >= 15 is 0 Å². The third-order valence-corrected chi connectivity index (χ3v) is 4.78. The van der Waals surface area contributed by atoms with Gasteiger partial charge in [0.2, 0.25) is 0 Å². The molecule has 0 spiro atoms. The van der Waals surface area contributed by atoms with E-state index in [0.29, 0.717) is 5.56 Å². The number of nitrogens with two attached hydrogens (primary N) is 1. The molecule has 2 aromatic heterocycles. The first-order chi connectivity index (χ1) is 16.5. The Bertz CT molecular complexity index is 1300. The second kappa shape index (κ2) is 10.4. The second-order valence-electron chi connectivity index (χ2n) is 6.99. The molecule has 1 aromatic carbocycles. The molecule has 0 radical (unpaired) electrons. The fourth-order valence-electron chi connectivity index (χ4n) is 2.71. The molecular formula is C22H17ClF4N6O2. The van der Waals surface area contributed by atoms with Gasteiger partial charge in [0.05, 0.1) is 5.57 Å². The summed E-state index contributed by atoms with van der Waals surface area (Å²) in [5, 5.41) is 11.5.